The maximum Gasteiger partial charge on any atom is 0.300 e. The van der Waals surface area contributed by atoms with Crippen LogP contribution in [0.2, 0.25) is 0 Å². The molecular weight excluding hydrogens is 410 g/mol. The Morgan fingerprint density at radius 3 is 2.31 bits per heavy atom. The van der Waals surface area contributed by atoms with Crippen LogP contribution in [0.3, 0.4) is 0 Å². The fourth-order valence-corrected chi connectivity index (χ4v) is 3.84. The summed E-state index contributed by atoms with van der Waals surface area (Å²) in [6.07, 6.45) is 3.09. The lowest BCUT2D eigenvalue weighted by atomic mass is 9.95. The number of aliphatic hydroxyl groups is 1. The van der Waals surface area contributed by atoms with E-state index >= 15 is 0 Å². The zero-order valence-electron chi connectivity index (χ0n) is 17.4. The lowest BCUT2D eigenvalue weighted by molar-refractivity contribution is -0.384. The second-order valence-corrected chi connectivity index (χ2v) is 7.47. The predicted octanol–water partition coefficient (Wildman–Crippen LogP) is 4.23. The van der Waals surface area contributed by atoms with Crippen LogP contribution in [0.15, 0.2) is 72.6 Å². The second kappa shape index (κ2) is 8.07. The fraction of sp³-hybridized carbons (Fsp3) is 0.125. The van der Waals surface area contributed by atoms with Crippen molar-refractivity contribution in [1.29, 1.82) is 0 Å². The fourth-order valence-electron chi connectivity index (χ4n) is 3.84. The van der Waals surface area contributed by atoms with E-state index in [2.05, 4.69) is 4.98 Å². The minimum Gasteiger partial charge on any atom is -0.507 e. The standard InChI is InChI=1S/C24H19N3O5/c1-14-4-3-5-19(15(14)2)26-21(16-10-12-25-13-11-16)20(23(29)24(26)30)22(28)17-6-8-18(9-7-17)27(31)32/h3-13,21,28H,1-2H3/b22-20+. The number of hydrogen-bond donors (Lipinski definition) is 1. The molecule has 0 radical (unpaired) electrons. The second-order valence-electron chi connectivity index (χ2n) is 7.47. The van der Waals surface area contributed by atoms with Crippen molar-refractivity contribution >= 4 is 28.8 Å². The highest BCUT2D eigenvalue weighted by Crippen LogP contribution is 2.43. The largest absolute Gasteiger partial charge is 0.507 e. The highest BCUT2D eigenvalue weighted by atomic mass is 16.6. The van der Waals surface area contributed by atoms with E-state index in [0.29, 0.717) is 11.3 Å². The van der Waals surface area contributed by atoms with Crippen molar-refractivity contribution in [3.8, 4) is 0 Å². The van der Waals surface area contributed by atoms with E-state index in [9.17, 15) is 24.8 Å². The number of aryl methyl sites for hydroxylation is 1. The topological polar surface area (TPSA) is 114 Å². The zero-order valence-corrected chi connectivity index (χ0v) is 17.4. The Morgan fingerprint density at radius 1 is 1.03 bits per heavy atom. The minimum absolute atomic E-state index is 0.0871. The van der Waals surface area contributed by atoms with Gasteiger partial charge in [0, 0.05) is 35.8 Å². The van der Waals surface area contributed by atoms with Crippen LogP contribution in [0.5, 0.6) is 0 Å². The molecule has 1 saturated heterocycles. The number of benzene rings is 2. The maximum absolute atomic E-state index is 13.2. The van der Waals surface area contributed by atoms with Gasteiger partial charge >= 0.3 is 0 Å². The Labute approximate surface area is 183 Å². The van der Waals surface area contributed by atoms with Crippen LogP contribution in [0.4, 0.5) is 11.4 Å². The van der Waals surface area contributed by atoms with Gasteiger partial charge in [0.25, 0.3) is 17.4 Å². The number of nitro benzene ring substituents is 1. The van der Waals surface area contributed by atoms with E-state index in [0.717, 1.165) is 11.1 Å². The van der Waals surface area contributed by atoms with Crippen molar-refractivity contribution in [3.05, 3.63) is 105 Å². The molecule has 2 aromatic carbocycles. The Hall–Kier alpha value is -4.33. The molecule has 32 heavy (non-hydrogen) atoms. The van der Waals surface area contributed by atoms with E-state index in [1.165, 1.54) is 29.2 Å². The molecule has 0 saturated carbocycles. The van der Waals surface area contributed by atoms with Crippen molar-refractivity contribution in [1.82, 2.24) is 4.98 Å². The molecule has 1 amide bonds. The average molecular weight is 429 g/mol. The number of aromatic nitrogens is 1. The van der Waals surface area contributed by atoms with Gasteiger partial charge in [-0.2, -0.15) is 0 Å². The van der Waals surface area contributed by atoms with E-state index < -0.39 is 28.4 Å². The van der Waals surface area contributed by atoms with Crippen molar-refractivity contribution in [2.75, 3.05) is 4.90 Å². The Morgan fingerprint density at radius 2 is 1.69 bits per heavy atom. The van der Waals surface area contributed by atoms with Crippen LogP contribution in [0.1, 0.15) is 28.3 Å². The monoisotopic (exact) mass is 429 g/mol. The molecule has 1 aliphatic rings. The first kappa shape index (κ1) is 20.9. The molecule has 1 aliphatic heterocycles. The number of non-ortho nitro benzene ring substituents is 1. The molecule has 0 aliphatic carbocycles. The van der Waals surface area contributed by atoms with Gasteiger partial charge in [-0.3, -0.25) is 29.6 Å². The number of anilines is 1. The van der Waals surface area contributed by atoms with Crippen LogP contribution in [-0.2, 0) is 9.59 Å². The third-order valence-electron chi connectivity index (χ3n) is 5.65. The highest BCUT2D eigenvalue weighted by molar-refractivity contribution is 6.51. The molecule has 0 bridgehead atoms. The molecule has 160 valence electrons. The molecule has 1 atom stereocenters. The third kappa shape index (κ3) is 3.41. The summed E-state index contributed by atoms with van der Waals surface area (Å²) in [7, 11) is 0. The normalized spacial score (nSPS) is 17.6. The van der Waals surface area contributed by atoms with Crippen LogP contribution in [0.25, 0.3) is 5.76 Å². The van der Waals surface area contributed by atoms with Gasteiger partial charge in [-0.05, 0) is 60.9 Å². The number of nitro groups is 1. The molecule has 1 unspecified atom stereocenters. The number of aliphatic hydroxyl groups excluding tert-OH is 1. The molecule has 1 N–H and O–H groups in total. The summed E-state index contributed by atoms with van der Waals surface area (Å²) in [5.41, 5.74) is 2.92. The summed E-state index contributed by atoms with van der Waals surface area (Å²) in [5, 5.41) is 22.0. The van der Waals surface area contributed by atoms with Crippen LogP contribution < -0.4 is 4.90 Å². The van der Waals surface area contributed by atoms with E-state index in [1.807, 2.05) is 19.9 Å². The molecular formula is C24H19N3O5. The van der Waals surface area contributed by atoms with Gasteiger partial charge in [0.2, 0.25) is 0 Å². The third-order valence-corrected chi connectivity index (χ3v) is 5.65. The Kier molecular flexibility index (Phi) is 5.28. The van der Waals surface area contributed by atoms with Crippen LogP contribution in [-0.4, -0.2) is 26.7 Å². The molecule has 0 spiro atoms. The summed E-state index contributed by atoms with van der Waals surface area (Å²) in [6.45, 7) is 3.78. The van der Waals surface area contributed by atoms with Gasteiger partial charge in [0.1, 0.15) is 5.76 Å². The smallest absolute Gasteiger partial charge is 0.300 e. The number of pyridine rings is 1. The number of rotatable bonds is 4. The summed E-state index contributed by atoms with van der Waals surface area (Å²) < 4.78 is 0. The van der Waals surface area contributed by atoms with E-state index in [1.54, 1.807) is 36.7 Å². The van der Waals surface area contributed by atoms with Crippen LogP contribution >= 0.6 is 0 Å². The molecule has 2 heterocycles. The number of nitrogens with zero attached hydrogens (tertiary/aromatic N) is 3. The molecule has 4 rings (SSSR count). The van der Waals surface area contributed by atoms with Crippen molar-refractivity contribution in [3.63, 3.8) is 0 Å². The molecule has 1 aromatic heterocycles. The number of carbonyl (C=O) groups excluding carboxylic acids is 2. The highest BCUT2D eigenvalue weighted by Gasteiger charge is 2.47. The lowest BCUT2D eigenvalue weighted by Crippen LogP contribution is -2.30. The summed E-state index contributed by atoms with van der Waals surface area (Å²) in [6, 6.07) is 13.1. The molecule has 8 heteroatoms. The summed E-state index contributed by atoms with van der Waals surface area (Å²) >= 11 is 0. The number of ketones is 1. The number of amides is 1. The van der Waals surface area contributed by atoms with Crippen molar-refractivity contribution < 1.29 is 19.6 Å². The van der Waals surface area contributed by atoms with Gasteiger partial charge in [0.05, 0.1) is 16.5 Å². The first-order valence-electron chi connectivity index (χ1n) is 9.83. The summed E-state index contributed by atoms with van der Waals surface area (Å²) in [4.78, 5) is 42.1. The first-order chi connectivity index (χ1) is 15.3. The van der Waals surface area contributed by atoms with E-state index in [4.69, 9.17) is 0 Å². The van der Waals surface area contributed by atoms with Gasteiger partial charge < -0.3 is 5.11 Å². The minimum atomic E-state index is -0.881. The predicted molar refractivity (Wildman–Crippen MR) is 118 cm³/mol. The number of Topliss-reactive ketones (excluding diaryl/α,β-unsaturated/α-hetero) is 1. The van der Waals surface area contributed by atoms with Gasteiger partial charge in [-0.15, -0.1) is 0 Å². The van der Waals surface area contributed by atoms with E-state index in [-0.39, 0.29) is 16.8 Å². The number of hydrogen-bond acceptors (Lipinski definition) is 6. The van der Waals surface area contributed by atoms with Gasteiger partial charge in [-0.25, -0.2) is 0 Å². The molecule has 1 fully saturated rings. The average Bonchev–Trinajstić information content (AvgIpc) is 3.06. The lowest BCUT2D eigenvalue weighted by Gasteiger charge is -2.27. The summed E-state index contributed by atoms with van der Waals surface area (Å²) in [5.74, 6) is -1.99. The van der Waals surface area contributed by atoms with Crippen LogP contribution in [0, 0.1) is 24.0 Å². The van der Waals surface area contributed by atoms with Gasteiger partial charge in [0.15, 0.2) is 0 Å². The SMILES string of the molecule is Cc1cccc(N2C(=O)C(=O)/C(=C(/O)c3ccc([N+](=O)[O-])cc3)C2c2ccncc2)c1C. The van der Waals surface area contributed by atoms with Crippen molar-refractivity contribution in [2.45, 2.75) is 19.9 Å². The molecule has 3 aromatic rings. The number of carbonyl (C=O) groups is 2. The zero-order chi connectivity index (χ0) is 23.0. The Bertz CT molecular complexity index is 1270. The Balaban J connectivity index is 1.94. The molecule has 8 nitrogen and oxygen atoms in total. The first-order valence-corrected chi connectivity index (χ1v) is 9.83. The van der Waals surface area contributed by atoms with Gasteiger partial charge in [-0.1, -0.05) is 12.1 Å². The van der Waals surface area contributed by atoms with Crippen molar-refractivity contribution in [2.24, 2.45) is 0 Å². The maximum atomic E-state index is 13.2. The quantitative estimate of drug-likeness (QED) is 0.218.